The molecule has 2 atom stereocenters. The molecule has 60 heavy (non-hydrogen) atoms. The number of piperidine rings is 2. The molecule has 0 aliphatic carbocycles. The number of anilines is 2. The van der Waals surface area contributed by atoms with Crippen LogP contribution in [0.1, 0.15) is 97.1 Å². The summed E-state index contributed by atoms with van der Waals surface area (Å²) in [7, 11) is 0. The number of hydrogen-bond donors (Lipinski definition) is 6. The summed E-state index contributed by atoms with van der Waals surface area (Å²) in [4.78, 5) is 63.6. The van der Waals surface area contributed by atoms with Crippen LogP contribution in [-0.4, -0.2) is 117 Å². The number of fused-ring (bicyclic) bond motifs is 2. The number of aromatic nitrogens is 2. The molecular formula is C44H56F2N8O6. The van der Waals surface area contributed by atoms with Crippen molar-refractivity contribution in [3.8, 4) is 0 Å². The van der Waals surface area contributed by atoms with Gasteiger partial charge in [-0.25, -0.2) is 18.7 Å². The summed E-state index contributed by atoms with van der Waals surface area (Å²) in [6.45, 7) is 2.48. The van der Waals surface area contributed by atoms with Crippen molar-refractivity contribution >= 4 is 35.4 Å². The number of halogens is 2. The van der Waals surface area contributed by atoms with E-state index in [-0.39, 0.29) is 65.0 Å². The molecule has 0 radical (unpaired) electrons. The summed E-state index contributed by atoms with van der Waals surface area (Å²) < 4.78 is 31.8. The van der Waals surface area contributed by atoms with Crippen LogP contribution < -0.4 is 21.3 Å². The molecule has 2 unspecified atom stereocenters. The molecule has 4 aliphatic heterocycles. The number of aliphatic carboxylic acids is 2. The molecule has 2 fully saturated rings. The zero-order valence-corrected chi connectivity index (χ0v) is 34.0. The van der Waals surface area contributed by atoms with Gasteiger partial charge in [-0.2, -0.15) is 0 Å². The molecule has 2 saturated heterocycles. The molecule has 4 aliphatic rings. The monoisotopic (exact) mass is 830 g/mol. The largest absolute Gasteiger partial charge is 0.480 e. The average molecular weight is 831 g/mol. The van der Waals surface area contributed by atoms with E-state index in [0.717, 1.165) is 61.8 Å². The maximum absolute atomic E-state index is 15.9. The molecule has 0 bridgehead atoms. The topological polar surface area (TPSA) is 189 Å². The fourth-order valence-electron chi connectivity index (χ4n) is 8.88. The third-order valence-corrected chi connectivity index (χ3v) is 12.5. The number of nitrogens with one attached hydrogen (secondary N) is 4. The zero-order chi connectivity index (χ0) is 42.3. The first-order chi connectivity index (χ1) is 28.9. The molecule has 0 saturated carbocycles. The van der Waals surface area contributed by atoms with Crippen molar-refractivity contribution < 1.29 is 38.2 Å². The van der Waals surface area contributed by atoms with Crippen LogP contribution in [0.25, 0.3) is 0 Å². The van der Waals surface area contributed by atoms with Gasteiger partial charge in [0.25, 0.3) is 11.8 Å². The number of rotatable bonds is 16. The maximum Gasteiger partial charge on any atom is 0.325 e. The summed E-state index contributed by atoms with van der Waals surface area (Å²) in [6, 6.07) is 12.0. The van der Waals surface area contributed by atoms with Crippen molar-refractivity contribution in [2.24, 2.45) is 0 Å². The van der Waals surface area contributed by atoms with Crippen LogP contribution >= 0.6 is 0 Å². The van der Waals surface area contributed by atoms with E-state index >= 15 is 8.78 Å². The van der Waals surface area contributed by atoms with Crippen LogP contribution in [0.4, 0.5) is 20.4 Å². The first kappa shape index (κ1) is 42.9. The fraction of sp³-hybridized carbons (Fsp3) is 0.545. The predicted molar refractivity (Wildman–Crippen MR) is 221 cm³/mol. The Morgan fingerprint density at radius 1 is 0.633 bits per heavy atom. The lowest BCUT2D eigenvalue weighted by Gasteiger charge is -2.39. The number of carbonyl (C=O) groups excluding carboxylic acids is 2. The minimum Gasteiger partial charge on any atom is -0.480 e. The Labute approximate surface area is 348 Å². The summed E-state index contributed by atoms with van der Waals surface area (Å²) in [5, 5.41) is 32.6. The van der Waals surface area contributed by atoms with Crippen LogP contribution in [0.5, 0.6) is 0 Å². The molecule has 14 nitrogen and oxygen atoms in total. The summed E-state index contributed by atoms with van der Waals surface area (Å²) in [6.07, 6.45) is 5.92. The first-order valence-electron chi connectivity index (χ1n) is 21.4. The molecule has 1 aromatic carbocycles. The van der Waals surface area contributed by atoms with Gasteiger partial charge in [0.2, 0.25) is 0 Å². The number of carboxylic acid groups (broad SMARTS) is 2. The highest BCUT2D eigenvalue weighted by molar-refractivity contribution is 5.86. The molecule has 16 heteroatoms. The van der Waals surface area contributed by atoms with E-state index < -0.39 is 47.2 Å². The molecule has 322 valence electrons. The Morgan fingerprint density at radius 2 is 1.02 bits per heavy atom. The van der Waals surface area contributed by atoms with E-state index in [4.69, 9.17) is 0 Å². The molecule has 0 spiro atoms. The number of alkyl halides is 2. The Morgan fingerprint density at radius 3 is 1.38 bits per heavy atom. The van der Waals surface area contributed by atoms with Gasteiger partial charge in [-0.3, -0.25) is 29.0 Å². The molecular weight excluding hydrogens is 775 g/mol. The number of likely N-dealkylation sites (tertiary alicyclic amines) is 2. The molecule has 6 N–H and O–H groups in total. The SMILES string of the molecule is O=C(O)C(c1ccc(C(C(=O)O)N2CCC(F)(C(=O)NCCCc3ccc4c(n3)NCCC4)CC2)cc1)N1CCC(F)(C(=O)NCCCc2ccc3c(n2)NCCC3)CC1. The Balaban J connectivity index is 0.866. The second-order valence-corrected chi connectivity index (χ2v) is 16.6. The smallest absolute Gasteiger partial charge is 0.325 e. The van der Waals surface area contributed by atoms with Crippen LogP contribution in [0, 0.1) is 0 Å². The quantitative estimate of drug-likeness (QED) is 0.111. The number of nitrogens with zero attached hydrogens (tertiary/aromatic N) is 4. The van der Waals surface area contributed by atoms with Gasteiger partial charge < -0.3 is 31.5 Å². The molecule has 2 amide bonds. The van der Waals surface area contributed by atoms with Gasteiger partial charge in [0.1, 0.15) is 23.7 Å². The van der Waals surface area contributed by atoms with Gasteiger partial charge in [-0.15, -0.1) is 0 Å². The van der Waals surface area contributed by atoms with Crippen molar-refractivity contribution in [3.05, 3.63) is 82.2 Å². The summed E-state index contributed by atoms with van der Waals surface area (Å²) in [5.74, 6) is -1.89. The maximum atomic E-state index is 15.9. The van der Waals surface area contributed by atoms with Gasteiger partial charge in [0, 0.05) is 89.4 Å². The number of hydrogen-bond acceptors (Lipinski definition) is 10. The van der Waals surface area contributed by atoms with Crippen LogP contribution in [0.3, 0.4) is 0 Å². The highest BCUT2D eigenvalue weighted by Gasteiger charge is 2.45. The predicted octanol–water partition coefficient (Wildman–Crippen LogP) is 4.55. The zero-order valence-electron chi connectivity index (χ0n) is 34.0. The van der Waals surface area contributed by atoms with E-state index in [1.807, 2.05) is 12.1 Å². The Bertz CT molecular complexity index is 1880. The first-order valence-corrected chi connectivity index (χ1v) is 21.4. The van der Waals surface area contributed by atoms with Crippen LogP contribution in [-0.2, 0) is 44.9 Å². The lowest BCUT2D eigenvalue weighted by molar-refractivity contribution is -0.147. The van der Waals surface area contributed by atoms with Crippen molar-refractivity contribution in [1.29, 1.82) is 0 Å². The molecule has 6 heterocycles. The lowest BCUT2D eigenvalue weighted by atomic mass is 9.89. The number of amides is 2. The summed E-state index contributed by atoms with van der Waals surface area (Å²) >= 11 is 0. The van der Waals surface area contributed by atoms with Gasteiger partial charge in [0.15, 0.2) is 11.3 Å². The van der Waals surface area contributed by atoms with Crippen molar-refractivity contribution in [2.75, 3.05) is 63.0 Å². The van der Waals surface area contributed by atoms with E-state index in [0.29, 0.717) is 36.8 Å². The van der Waals surface area contributed by atoms with Crippen LogP contribution in [0.15, 0.2) is 48.5 Å². The standard InChI is InChI=1S/C44H56F2N8O6/c45-43(41(59)49-23-3-7-33-15-13-31-5-1-21-47-37(31)51-33)17-25-53(26-18-43)35(39(55)56)29-9-11-30(12-10-29)36(40(57)58)54-27-19-44(46,20-28-54)42(60)50-24-4-8-34-16-14-32-6-2-22-48-38(32)52-34/h9-16,35-36H,1-8,17-28H2,(H,47,51)(H,48,52)(H,49,59)(H,50,60)(H,55,56)(H,57,58). The third-order valence-electron chi connectivity index (χ3n) is 12.5. The van der Waals surface area contributed by atoms with E-state index in [2.05, 4.69) is 43.4 Å². The molecule has 2 aromatic heterocycles. The Kier molecular flexibility index (Phi) is 13.6. The average Bonchev–Trinajstić information content (AvgIpc) is 3.25. The normalized spacial score (nSPS) is 19.6. The van der Waals surface area contributed by atoms with E-state index in [9.17, 15) is 29.4 Å². The number of pyridine rings is 2. The number of aryl methyl sites for hydroxylation is 4. The van der Waals surface area contributed by atoms with E-state index in [1.165, 1.54) is 11.1 Å². The van der Waals surface area contributed by atoms with Gasteiger partial charge in [-0.05, 0) is 85.8 Å². The number of carboxylic acids is 2. The van der Waals surface area contributed by atoms with Crippen LogP contribution in [0.2, 0.25) is 0 Å². The molecule has 7 rings (SSSR count). The van der Waals surface area contributed by atoms with Crippen molar-refractivity contribution in [3.63, 3.8) is 0 Å². The molecule has 3 aromatic rings. The van der Waals surface area contributed by atoms with Crippen molar-refractivity contribution in [2.45, 2.75) is 100 Å². The minimum atomic E-state index is -2.13. The fourth-order valence-corrected chi connectivity index (χ4v) is 8.88. The van der Waals surface area contributed by atoms with Gasteiger partial charge >= 0.3 is 11.9 Å². The number of benzene rings is 1. The van der Waals surface area contributed by atoms with Gasteiger partial charge in [0.05, 0.1) is 0 Å². The highest BCUT2D eigenvalue weighted by atomic mass is 19.1. The highest BCUT2D eigenvalue weighted by Crippen LogP contribution is 2.35. The second kappa shape index (κ2) is 19.0. The Hall–Kier alpha value is -5.22. The minimum absolute atomic E-state index is 0.0301. The lowest BCUT2D eigenvalue weighted by Crippen LogP contribution is -2.52. The third kappa shape index (κ3) is 10.0. The van der Waals surface area contributed by atoms with Crippen molar-refractivity contribution in [1.82, 2.24) is 30.4 Å². The second-order valence-electron chi connectivity index (χ2n) is 16.6. The van der Waals surface area contributed by atoms with E-state index in [1.54, 1.807) is 34.1 Å². The summed E-state index contributed by atoms with van der Waals surface area (Å²) in [5.41, 5.74) is 0.712. The van der Waals surface area contributed by atoms with Gasteiger partial charge in [-0.1, -0.05) is 36.4 Å². The number of carbonyl (C=O) groups is 4.